The SMILES string of the molecule is O=C1C=C2CN(C(=O)c3ccccc3)CCC2S1. The molecule has 1 fully saturated rings. The molecule has 3 rings (SSSR count). The average molecular weight is 259 g/mol. The normalized spacial score (nSPS) is 22.7. The largest absolute Gasteiger partial charge is 0.335 e. The minimum atomic E-state index is 0.0549. The van der Waals surface area contributed by atoms with E-state index in [4.69, 9.17) is 0 Å². The minimum Gasteiger partial charge on any atom is -0.335 e. The first kappa shape index (κ1) is 11.5. The molecule has 1 saturated heterocycles. The van der Waals surface area contributed by atoms with Crippen molar-refractivity contribution in [2.24, 2.45) is 0 Å². The summed E-state index contributed by atoms with van der Waals surface area (Å²) in [6, 6.07) is 9.30. The van der Waals surface area contributed by atoms with E-state index in [9.17, 15) is 9.59 Å². The van der Waals surface area contributed by atoms with E-state index in [1.165, 1.54) is 11.8 Å². The van der Waals surface area contributed by atoms with Gasteiger partial charge in [-0.3, -0.25) is 9.59 Å². The van der Waals surface area contributed by atoms with Crippen LogP contribution in [0.2, 0.25) is 0 Å². The summed E-state index contributed by atoms with van der Waals surface area (Å²) in [6.45, 7) is 1.33. The predicted molar refractivity (Wildman–Crippen MR) is 71.4 cm³/mol. The van der Waals surface area contributed by atoms with Crippen LogP contribution in [0.1, 0.15) is 16.8 Å². The Morgan fingerprint density at radius 1 is 1.28 bits per heavy atom. The number of carbonyl (C=O) groups is 2. The van der Waals surface area contributed by atoms with Crippen molar-refractivity contribution in [1.82, 2.24) is 4.90 Å². The fourth-order valence-corrected chi connectivity index (χ4v) is 3.41. The summed E-state index contributed by atoms with van der Waals surface area (Å²) >= 11 is 1.39. The van der Waals surface area contributed by atoms with E-state index in [2.05, 4.69) is 0 Å². The Morgan fingerprint density at radius 2 is 2.06 bits per heavy atom. The first-order valence-electron chi connectivity index (χ1n) is 5.99. The van der Waals surface area contributed by atoms with Gasteiger partial charge < -0.3 is 4.90 Å². The zero-order valence-electron chi connectivity index (χ0n) is 9.83. The average Bonchev–Trinajstić information content (AvgIpc) is 2.78. The smallest absolute Gasteiger partial charge is 0.254 e. The molecule has 0 bridgehead atoms. The Kier molecular flexibility index (Phi) is 2.96. The van der Waals surface area contributed by atoms with Crippen molar-refractivity contribution >= 4 is 22.8 Å². The lowest BCUT2D eigenvalue weighted by Gasteiger charge is -2.31. The summed E-state index contributed by atoms with van der Waals surface area (Å²) in [5, 5.41) is 0.432. The van der Waals surface area contributed by atoms with E-state index in [-0.39, 0.29) is 11.0 Å². The van der Waals surface area contributed by atoms with Crippen LogP contribution in [0.5, 0.6) is 0 Å². The lowest BCUT2D eigenvalue weighted by atomic mass is 10.0. The second-order valence-electron chi connectivity index (χ2n) is 4.53. The van der Waals surface area contributed by atoms with Crippen molar-refractivity contribution in [3.8, 4) is 0 Å². The number of hydrogen-bond donors (Lipinski definition) is 0. The molecule has 2 heterocycles. The molecule has 0 aliphatic carbocycles. The van der Waals surface area contributed by atoms with E-state index < -0.39 is 0 Å². The van der Waals surface area contributed by atoms with Crippen molar-refractivity contribution in [3.63, 3.8) is 0 Å². The Bertz CT molecular complexity index is 524. The number of benzene rings is 1. The van der Waals surface area contributed by atoms with Crippen LogP contribution in [0.4, 0.5) is 0 Å². The Hall–Kier alpha value is -1.55. The van der Waals surface area contributed by atoms with Gasteiger partial charge in [0.25, 0.3) is 5.91 Å². The van der Waals surface area contributed by atoms with Gasteiger partial charge in [0.1, 0.15) is 0 Å². The minimum absolute atomic E-state index is 0.0549. The molecule has 1 aromatic rings. The second kappa shape index (κ2) is 4.61. The lowest BCUT2D eigenvalue weighted by Crippen LogP contribution is -2.40. The van der Waals surface area contributed by atoms with Gasteiger partial charge in [-0.1, -0.05) is 30.0 Å². The first-order valence-corrected chi connectivity index (χ1v) is 6.87. The van der Waals surface area contributed by atoms with Gasteiger partial charge in [-0.05, 0) is 30.2 Å². The topological polar surface area (TPSA) is 37.4 Å². The Labute approximate surface area is 110 Å². The summed E-state index contributed by atoms with van der Waals surface area (Å²) in [7, 11) is 0. The lowest BCUT2D eigenvalue weighted by molar-refractivity contribution is -0.106. The fourth-order valence-electron chi connectivity index (χ4n) is 2.40. The molecule has 1 unspecified atom stereocenters. The first-order chi connectivity index (χ1) is 8.74. The molecular weight excluding hydrogens is 246 g/mol. The Balaban J connectivity index is 1.77. The van der Waals surface area contributed by atoms with Crippen LogP contribution in [0.25, 0.3) is 0 Å². The number of carbonyl (C=O) groups excluding carboxylic acids is 2. The van der Waals surface area contributed by atoms with Gasteiger partial charge in [0.2, 0.25) is 5.12 Å². The number of fused-ring (bicyclic) bond motifs is 1. The van der Waals surface area contributed by atoms with Crippen LogP contribution in [-0.2, 0) is 4.79 Å². The molecule has 0 N–H and O–H groups in total. The third-order valence-electron chi connectivity index (χ3n) is 3.32. The van der Waals surface area contributed by atoms with Crippen LogP contribution in [0.15, 0.2) is 42.0 Å². The van der Waals surface area contributed by atoms with Crippen LogP contribution in [0, 0.1) is 0 Å². The summed E-state index contributed by atoms with van der Waals surface area (Å²) in [6.07, 6.45) is 2.57. The standard InChI is InChI=1S/C14H13NO2S/c16-13-8-11-9-15(7-6-12(11)18-13)14(17)10-4-2-1-3-5-10/h1-5,8,12H,6-7,9H2. The number of likely N-dealkylation sites (tertiary alicyclic amines) is 1. The number of piperidine rings is 1. The molecule has 0 radical (unpaired) electrons. The third kappa shape index (κ3) is 2.08. The van der Waals surface area contributed by atoms with Crippen LogP contribution in [-0.4, -0.2) is 34.3 Å². The molecule has 2 aliphatic heterocycles. The number of hydrogen-bond acceptors (Lipinski definition) is 3. The van der Waals surface area contributed by atoms with Gasteiger partial charge in [0, 0.05) is 23.9 Å². The molecule has 1 aromatic carbocycles. The molecule has 92 valence electrons. The summed E-state index contributed by atoms with van der Waals surface area (Å²) in [4.78, 5) is 25.4. The zero-order valence-corrected chi connectivity index (χ0v) is 10.7. The van der Waals surface area contributed by atoms with Crippen LogP contribution >= 0.6 is 11.8 Å². The predicted octanol–water partition coefficient (Wildman–Crippen LogP) is 2.10. The van der Waals surface area contributed by atoms with Gasteiger partial charge in [-0.15, -0.1) is 0 Å². The quantitative estimate of drug-likeness (QED) is 0.775. The molecule has 18 heavy (non-hydrogen) atoms. The highest BCUT2D eigenvalue weighted by Gasteiger charge is 2.32. The number of thioether (sulfide) groups is 1. The molecule has 0 saturated carbocycles. The maximum Gasteiger partial charge on any atom is 0.254 e. The van der Waals surface area contributed by atoms with E-state index in [0.717, 1.165) is 18.5 Å². The van der Waals surface area contributed by atoms with E-state index in [1.54, 1.807) is 6.08 Å². The van der Waals surface area contributed by atoms with Gasteiger partial charge in [-0.2, -0.15) is 0 Å². The second-order valence-corrected chi connectivity index (χ2v) is 5.73. The fraction of sp³-hybridized carbons (Fsp3) is 0.286. The Morgan fingerprint density at radius 3 is 2.83 bits per heavy atom. The van der Waals surface area contributed by atoms with Gasteiger partial charge >= 0.3 is 0 Å². The summed E-state index contributed by atoms with van der Waals surface area (Å²) < 4.78 is 0. The van der Waals surface area contributed by atoms with Crippen LogP contribution in [0.3, 0.4) is 0 Å². The molecule has 4 heteroatoms. The molecule has 1 atom stereocenters. The maximum atomic E-state index is 12.3. The van der Waals surface area contributed by atoms with Gasteiger partial charge in [0.15, 0.2) is 0 Å². The summed E-state index contributed by atoms with van der Waals surface area (Å²) in [5.74, 6) is 0.0549. The highest BCUT2D eigenvalue weighted by molar-refractivity contribution is 8.15. The van der Waals surface area contributed by atoms with Crippen LogP contribution < -0.4 is 0 Å². The van der Waals surface area contributed by atoms with Crippen molar-refractivity contribution in [3.05, 3.63) is 47.5 Å². The maximum absolute atomic E-state index is 12.3. The molecular formula is C14H13NO2S. The number of rotatable bonds is 1. The monoisotopic (exact) mass is 259 g/mol. The third-order valence-corrected chi connectivity index (χ3v) is 4.49. The highest BCUT2D eigenvalue weighted by Crippen LogP contribution is 2.34. The number of nitrogens with zero attached hydrogens (tertiary/aromatic N) is 1. The molecule has 1 amide bonds. The van der Waals surface area contributed by atoms with Crippen molar-refractivity contribution in [1.29, 1.82) is 0 Å². The van der Waals surface area contributed by atoms with Crippen molar-refractivity contribution < 1.29 is 9.59 Å². The highest BCUT2D eigenvalue weighted by atomic mass is 32.2. The van der Waals surface area contributed by atoms with Crippen molar-refractivity contribution in [2.45, 2.75) is 11.7 Å². The zero-order chi connectivity index (χ0) is 12.5. The van der Waals surface area contributed by atoms with E-state index in [1.807, 2.05) is 35.2 Å². The molecule has 2 aliphatic rings. The van der Waals surface area contributed by atoms with E-state index >= 15 is 0 Å². The molecule has 0 spiro atoms. The summed E-state index contributed by atoms with van der Waals surface area (Å²) in [5.41, 5.74) is 1.81. The van der Waals surface area contributed by atoms with Gasteiger partial charge in [-0.25, -0.2) is 0 Å². The molecule has 3 nitrogen and oxygen atoms in total. The van der Waals surface area contributed by atoms with Crippen molar-refractivity contribution in [2.75, 3.05) is 13.1 Å². The van der Waals surface area contributed by atoms with Gasteiger partial charge in [0.05, 0.1) is 0 Å². The number of amides is 1. The molecule has 0 aromatic heterocycles. The van der Waals surface area contributed by atoms with E-state index in [0.29, 0.717) is 17.4 Å².